The summed E-state index contributed by atoms with van der Waals surface area (Å²) in [4.78, 5) is 17.2. The Morgan fingerprint density at radius 2 is 2.32 bits per heavy atom. The van der Waals surface area contributed by atoms with Gasteiger partial charge in [-0.1, -0.05) is 0 Å². The highest BCUT2D eigenvalue weighted by atomic mass is 16.6. The van der Waals surface area contributed by atoms with Crippen LogP contribution >= 0.6 is 0 Å². The highest BCUT2D eigenvalue weighted by Gasteiger charge is 2.32. The van der Waals surface area contributed by atoms with Crippen LogP contribution in [0.25, 0.3) is 0 Å². The average molecular weight is 264 g/mol. The molecular weight excluding hydrogens is 244 g/mol. The van der Waals surface area contributed by atoms with Gasteiger partial charge in [-0.15, -0.1) is 0 Å². The Morgan fingerprint density at radius 1 is 1.58 bits per heavy atom. The lowest BCUT2D eigenvalue weighted by atomic mass is 9.96. The third kappa shape index (κ3) is 2.68. The molecule has 6 heteroatoms. The molecule has 2 unspecified atom stereocenters. The van der Waals surface area contributed by atoms with Gasteiger partial charge in [0.1, 0.15) is 0 Å². The van der Waals surface area contributed by atoms with Gasteiger partial charge in [-0.05, 0) is 38.7 Å². The standard InChI is InChI=1S/C13H20N4O2/c1-9-6-12(17(18)19)13(15-8-9)16-10(2)4-3-5-11(16)7-14/h6,8,10-11H,3-5,7,14H2,1-2H3. The van der Waals surface area contributed by atoms with Crippen LogP contribution in [0.4, 0.5) is 11.5 Å². The molecule has 0 amide bonds. The topological polar surface area (TPSA) is 85.3 Å². The number of aryl methyl sites for hydroxylation is 1. The van der Waals surface area contributed by atoms with E-state index >= 15 is 0 Å². The molecule has 19 heavy (non-hydrogen) atoms. The zero-order valence-corrected chi connectivity index (χ0v) is 11.4. The second-order valence-corrected chi connectivity index (χ2v) is 5.19. The van der Waals surface area contributed by atoms with Gasteiger partial charge in [-0.3, -0.25) is 10.1 Å². The predicted octanol–water partition coefficient (Wildman–Crippen LogP) is 2.00. The molecule has 2 rings (SSSR count). The Kier molecular flexibility index (Phi) is 3.99. The highest BCUT2D eigenvalue weighted by Crippen LogP contribution is 2.33. The molecule has 1 saturated heterocycles. The van der Waals surface area contributed by atoms with Crippen molar-refractivity contribution < 1.29 is 4.92 Å². The average Bonchev–Trinajstić information content (AvgIpc) is 2.38. The van der Waals surface area contributed by atoms with E-state index in [-0.39, 0.29) is 22.7 Å². The molecule has 0 aromatic carbocycles. The number of nitro groups is 1. The number of piperidine rings is 1. The number of nitrogens with zero attached hydrogens (tertiary/aromatic N) is 3. The Labute approximate surface area is 112 Å². The molecule has 1 aliphatic rings. The number of pyridine rings is 1. The second-order valence-electron chi connectivity index (χ2n) is 5.19. The Bertz CT molecular complexity index is 478. The fourth-order valence-electron chi connectivity index (χ4n) is 2.78. The molecule has 0 radical (unpaired) electrons. The maximum atomic E-state index is 11.2. The molecule has 104 valence electrons. The molecule has 1 aliphatic heterocycles. The lowest BCUT2D eigenvalue weighted by molar-refractivity contribution is -0.384. The SMILES string of the molecule is Cc1cnc(N2C(C)CCCC2CN)c([N+](=O)[O-])c1. The largest absolute Gasteiger partial charge is 0.344 e. The van der Waals surface area contributed by atoms with Crippen LogP contribution in [0.1, 0.15) is 31.7 Å². The summed E-state index contributed by atoms with van der Waals surface area (Å²) in [6.45, 7) is 4.38. The minimum absolute atomic E-state index is 0.0761. The van der Waals surface area contributed by atoms with E-state index in [0.717, 1.165) is 24.8 Å². The first-order chi connectivity index (χ1) is 9.04. The lowest BCUT2D eigenvalue weighted by Crippen LogP contribution is -2.49. The molecule has 0 spiro atoms. The van der Waals surface area contributed by atoms with Gasteiger partial charge in [0.25, 0.3) is 0 Å². The first-order valence-corrected chi connectivity index (χ1v) is 6.64. The zero-order valence-electron chi connectivity index (χ0n) is 11.4. The normalized spacial score (nSPS) is 23.4. The number of aromatic nitrogens is 1. The van der Waals surface area contributed by atoms with Crippen LogP contribution in [0.5, 0.6) is 0 Å². The molecule has 1 aromatic heterocycles. The minimum atomic E-state index is -0.357. The summed E-state index contributed by atoms with van der Waals surface area (Å²) < 4.78 is 0. The van der Waals surface area contributed by atoms with Crippen molar-refractivity contribution in [3.8, 4) is 0 Å². The van der Waals surface area contributed by atoms with Crippen LogP contribution in [-0.2, 0) is 0 Å². The number of rotatable bonds is 3. The highest BCUT2D eigenvalue weighted by molar-refractivity contribution is 5.60. The summed E-state index contributed by atoms with van der Waals surface area (Å²) in [5.74, 6) is 0.457. The van der Waals surface area contributed by atoms with Crippen LogP contribution in [0.15, 0.2) is 12.3 Å². The summed E-state index contributed by atoms with van der Waals surface area (Å²) in [6, 6.07) is 1.95. The molecule has 2 atom stereocenters. The van der Waals surface area contributed by atoms with E-state index in [4.69, 9.17) is 5.73 Å². The first kappa shape index (κ1) is 13.7. The van der Waals surface area contributed by atoms with Crippen molar-refractivity contribution in [2.45, 2.75) is 45.2 Å². The summed E-state index contributed by atoms with van der Waals surface area (Å²) in [5.41, 5.74) is 6.68. The molecule has 1 aromatic rings. The quantitative estimate of drug-likeness (QED) is 0.666. The van der Waals surface area contributed by atoms with Gasteiger partial charge in [-0.25, -0.2) is 4.98 Å². The fourth-order valence-corrected chi connectivity index (χ4v) is 2.78. The maximum Gasteiger partial charge on any atom is 0.311 e. The van der Waals surface area contributed by atoms with Gasteiger partial charge in [-0.2, -0.15) is 0 Å². The van der Waals surface area contributed by atoms with Crippen molar-refractivity contribution in [3.05, 3.63) is 27.9 Å². The van der Waals surface area contributed by atoms with Crippen LogP contribution in [0, 0.1) is 17.0 Å². The van der Waals surface area contributed by atoms with Crippen molar-refractivity contribution in [3.63, 3.8) is 0 Å². The second kappa shape index (κ2) is 5.52. The van der Waals surface area contributed by atoms with Crippen LogP contribution in [0.2, 0.25) is 0 Å². The van der Waals surface area contributed by atoms with E-state index in [0.29, 0.717) is 12.4 Å². The van der Waals surface area contributed by atoms with Crippen molar-refractivity contribution in [2.75, 3.05) is 11.4 Å². The third-order valence-corrected chi connectivity index (χ3v) is 3.72. The van der Waals surface area contributed by atoms with Crippen LogP contribution in [0.3, 0.4) is 0 Å². The van der Waals surface area contributed by atoms with E-state index in [1.165, 1.54) is 0 Å². The monoisotopic (exact) mass is 264 g/mol. The number of nitrogens with two attached hydrogens (primary N) is 1. The van der Waals surface area contributed by atoms with Crippen molar-refractivity contribution in [1.29, 1.82) is 0 Å². The first-order valence-electron chi connectivity index (χ1n) is 6.64. The van der Waals surface area contributed by atoms with Crippen LogP contribution in [-0.4, -0.2) is 28.5 Å². The summed E-state index contributed by atoms with van der Waals surface area (Å²) >= 11 is 0. The predicted molar refractivity (Wildman–Crippen MR) is 74.3 cm³/mol. The van der Waals surface area contributed by atoms with Gasteiger partial charge in [0.2, 0.25) is 5.82 Å². The van der Waals surface area contributed by atoms with Gasteiger partial charge in [0, 0.05) is 30.9 Å². The molecule has 6 nitrogen and oxygen atoms in total. The lowest BCUT2D eigenvalue weighted by Gasteiger charge is -2.40. The Hall–Kier alpha value is -1.69. The van der Waals surface area contributed by atoms with E-state index < -0.39 is 0 Å². The molecule has 0 aliphatic carbocycles. The Balaban J connectivity index is 2.46. The minimum Gasteiger partial charge on any atom is -0.344 e. The van der Waals surface area contributed by atoms with Gasteiger partial charge >= 0.3 is 5.69 Å². The van der Waals surface area contributed by atoms with Crippen molar-refractivity contribution in [2.24, 2.45) is 5.73 Å². The Morgan fingerprint density at radius 3 is 2.95 bits per heavy atom. The van der Waals surface area contributed by atoms with Gasteiger partial charge in [0.15, 0.2) is 0 Å². The van der Waals surface area contributed by atoms with Gasteiger partial charge in [0.05, 0.1) is 4.92 Å². The number of anilines is 1. The zero-order chi connectivity index (χ0) is 14.0. The molecule has 1 fully saturated rings. The van der Waals surface area contributed by atoms with Gasteiger partial charge < -0.3 is 10.6 Å². The molecular formula is C13H20N4O2. The fraction of sp³-hybridized carbons (Fsp3) is 0.615. The van der Waals surface area contributed by atoms with Crippen molar-refractivity contribution in [1.82, 2.24) is 4.98 Å². The summed E-state index contributed by atoms with van der Waals surface area (Å²) in [7, 11) is 0. The number of hydrogen-bond donors (Lipinski definition) is 1. The smallest absolute Gasteiger partial charge is 0.311 e. The molecule has 0 bridgehead atoms. The molecule has 0 saturated carbocycles. The molecule has 2 N–H and O–H groups in total. The van der Waals surface area contributed by atoms with E-state index in [9.17, 15) is 10.1 Å². The summed E-state index contributed by atoms with van der Waals surface area (Å²) in [5, 5.41) is 11.2. The van der Waals surface area contributed by atoms with E-state index in [1.54, 1.807) is 12.3 Å². The molecule has 2 heterocycles. The van der Waals surface area contributed by atoms with E-state index in [2.05, 4.69) is 11.9 Å². The van der Waals surface area contributed by atoms with Crippen LogP contribution < -0.4 is 10.6 Å². The van der Waals surface area contributed by atoms with E-state index in [1.807, 2.05) is 11.8 Å². The number of hydrogen-bond acceptors (Lipinski definition) is 5. The summed E-state index contributed by atoms with van der Waals surface area (Å²) in [6.07, 6.45) is 4.77. The maximum absolute atomic E-state index is 11.2. The van der Waals surface area contributed by atoms with Crippen molar-refractivity contribution >= 4 is 11.5 Å². The third-order valence-electron chi connectivity index (χ3n) is 3.72.